The number of benzene rings is 1. The van der Waals surface area contributed by atoms with E-state index in [4.69, 9.17) is 16.3 Å². The molecule has 0 aliphatic heterocycles. The van der Waals surface area contributed by atoms with Gasteiger partial charge in [-0.3, -0.25) is 14.3 Å². The van der Waals surface area contributed by atoms with Crippen LogP contribution >= 0.6 is 11.6 Å². The highest BCUT2D eigenvalue weighted by Gasteiger charge is 2.20. The maximum Gasteiger partial charge on any atom is 0.338 e. The lowest BCUT2D eigenvalue weighted by Crippen LogP contribution is -2.33. The van der Waals surface area contributed by atoms with Crippen LogP contribution in [0.15, 0.2) is 39.9 Å². The van der Waals surface area contributed by atoms with Crippen molar-refractivity contribution in [1.29, 1.82) is 0 Å². The van der Waals surface area contributed by atoms with E-state index in [2.05, 4.69) is 9.97 Å². The Hall–Kier alpha value is -2.93. The number of carbonyl (C=O) groups is 1. The molecule has 0 unspecified atom stereocenters. The fraction of sp³-hybridized carbons (Fsp3) is 0.263. The van der Waals surface area contributed by atoms with E-state index in [0.717, 1.165) is 0 Å². The van der Waals surface area contributed by atoms with Gasteiger partial charge in [-0.1, -0.05) is 37.6 Å². The van der Waals surface area contributed by atoms with Crippen molar-refractivity contribution in [3.05, 3.63) is 61.8 Å². The zero-order valence-corrected chi connectivity index (χ0v) is 15.8. The number of aromatic nitrogens is 3. The number of nitrogens with zero attached hydrogens (tertiary/aromatic N) is 2. The van der Waals surface area contributed by atoms with Crippen molar-refractivity contribution >= 4 is 28.6 Å². The van der Waals surface area contributed by atoms with Crippen LogP contribution in [0.5, 0.6) is 0 Å². The number of carbonyl (C=O) groups excluding carboxylic acids is 1. The Morgan fingerprint density at radius 1 is 1.26 bits per heavy atom. The number of aromatic amines is 1. The third-order valence-corrected chi connectivity index (χ3v) is 4.29. The standard InChI is InChI=1S/C19H18ClN3O4/c1-10(2)9-23-16-15(17(24)22-19(23)26)13(18(25)27-3)8-14(21-16)11-4-6-12(20)7-5-11/h4-8,10H,9H2,1-3H3,(H,22,24,26). The van der Waals surface area contributed by atoms with Crippen LogP contribution < -0.4 is 11.2 Å². The second-order valence-corrected chi connectivity index (χ2v) is 6.95. The molecule has 2 aromatic heterocycles. The van der Waals surface area contributed by atoms with Gasteiger partial charge >= 0.3 is 11.7 Å². The summed E-state index contributed by atoms with van der Waals surface area (Å²) in [7, 11) is 1.23. The Morgan fingerprint density at radius 3 is 2.52 bits per heavy atom. The number of halogens is 1. The third kappa shape index (κ3) is 3.64. The molecule has 1 N–H and O–H groups in total. The quantitative estimate of drug-likeness (QED) is 0.694. The fourth-order valence-electron chi connectivity index (χ4n) is 2.85. The molecule has 0 aliphatic carbocycles. The van der Waals surface area contributed by atoms with E-state index in [-0.39, 0.29) is 22.5 Å². The van der Waals surface area contributed by atoms with Crippen LogP contribution in [-0.2, 0) is 11.3 Å². The predicted molar refractivity (Wildman–Crippen MR) is 103 cm³/mol. The Labute approximate surface area is 159 Å². The van der Waals surface area contributed by atoms with Crippen molar-refractivity contribution in [2.45, 2.75) is 20.4 Å². The van der Waals surface area contributed by atoms with Gasteiger partial charge < -0.3 is 4.74 Å². The highest BCUT2D eigenvalue weighted by molar-refractivity contribution is 6.30. The normalized spacial score (nSPS) is 11.1. The molecule has 0 fully saturated rings. The molecule has 0 saturated heterocycles. The summed E-state index contributed by atoms with van der Waals surface area (Å²) in [5.74, 6) is -0.558. The molecule has 0 saturated carbocycles. The molecule has 0 atom stereocenters. The lowest BCUT2D eigenvalue weighted by molar-refractivity contribution is 0.0603. The number of H-pyrrole nitrogens is 1. The second-order valence-electron chi connectivity index (χ2n) is 6.52. The van der Waals surface area contributed by atoms with Gasteiger partial charge in [0.1, 0.15) is 0 Å². The summed E-state index contributed by atoms with van der Waals surface area (Å²) in [6.07, 6.45) is 0. The molecule has 8 heteroatoms. The van der Waals surface area contributed by atoms with Crippen molar-refractivity contribution in [3.8, 4) is 11.3 Å². The number of rotatable bonds is 4. The van der Waals surface area contributed by atoms with Crippen LogP contribution in [0.2, 0.25) is 5.02 Å². The van der Waals surface area contributed by atoms with E-state index < -0.39 is 17.2 Å². The molecule has 7 nitrogen and oxygen atoms in total. The Morgan fingerprint density at radius 2 is 1.93 bits per heavy atom. The first-order valence-corrected chi connectivity index (χ1v) is 8.71. The van der Waals surface area contributed by atoms with E-state index in [1.165, 1.54) is 17.7 Å². The molecule has 1 aromatic carbocycles. The second kappa shape index (κ2) is 7.36. The van der Waals surface area contributed by atoms with Gasteiger partial charge in [-0.05, 0) is 24.1 Å². The van der Waals surface area contributed by atoms with Crippen LogP contribution in [0.3, 0.4) is 0 Å². The number of hydrogen-bond acceptors (Lipinski definition) is 5. The van der Waals surface area contributed by atoms with E-state index in [1.54, 1.807) is 24.3 Å². The molecule has 2 heterocycles. The highest BCUT2D eigenvalue weighted by atomic mass is 35.5. The molecule has 3 aromatic rings. The predicted octanol–water partition coefficient (Wildman–Crippen LogP) is 2.85. The Kier molecular flexibility index (Phi) is 5.14. The average Bonchev–Trinajstić information content (AvgIpc) is 2.63. The lowest BCUT2D eigenvalue weighted by atomic mass is 10.1. The maximum absolute atomic E-state index is 12.4. The first-order chi connectivity index (χ1) is 12.8. The molecule has 0 radical (unpaired) electrons. The number of fused-ring (bicyclic) bond motifs is 1. The van der Waals surface area contributed by atoms with Crippen LogP contribution in [0, 0.1) is 5.92 Å². The molecule has 140 valence electrons. The van der Waals surface area contributed by atoms with E-state index in [1.807, 2.05) is 13.8 Å². The van der Waals surface area contributed by atoms with E-state index in [0.29, 0.717) is 22.8 Å². The summed E-state index contributed by atoms with van der Waals surface area (Å²) < 4.78 is 6.20. The molecule has 0 bridgehead atoms. The largest absolute Gasteiger partial charge is 0.465 e. The summed E-state index contributed by atoms with van der Waals surface area (Å²) in [5, 5.41) is 0.584. The first kappa shape index (κ1) is 18.8. The monoisotopic (exact) mass is 387 g/mol. The SMILES string of the molecule is COC(=O)c1cc(-c2ccc(Cl)cc2)nc2c1c(=O)[nH]c(=O)n2CC(C)C. The highest BCUT2D eigenvalue weighted by Crippen LogP contribution is 2.24. The van der Waals surface area contributed by atoms with Crippen LogP contribution in [0.25, 0.3) is 22.3 Å². The Bertz CT molecular complexity index is 1130. The number of pyridine rings is 1. The number of esters is 1. The van der Waals surface area contributed by atoms with Crippen LogP contribution in [0.1, 0.15) is 24.2 Å². The van der Waals surface area contributed by atoms with Gasteiger partial charge in [0.15, 0.2) is 5.65 Å². The lowest BCUT2D eigenvalue weighted by Gasteiger charge is -2.14. The first-order valence-electron chi connectivity index (χ1n) is 8.34. The van der Waals surface area contributed by atoms with Gasteiger partial charge in [-0.2, -0.15) is 0 Å². The molecular formula is C19H18ClN3O4. The van der Waals surface area contributed by atoms with E-state index >= 15 is 0 Å². The van der Waals surface area contributed by atoms with Crippen molar-refractivity contribution in [2.24, 2.45) is 5.92 Å². The molecule has 0 amide bonds. The minimum atomic E-state index is -0.683. The minimum absolute atomic E-state index is 0.0276. The van der Waals surface area contributed by atoms with Crippen LogP contribution in [0.4, 0.5) is 0 Å². The number of methoxy groups -OCH3 is 1. The molecule has 0 aliphatic rings. The van der Waals surface area contributed by atoms with Crippen LogP contribution in [-0.4, -0.2) is 27.6 Å². The van der Waals surface area contributed by atoms with Gasteiger partial charge in [0.25, 0.3) is 5.56 Å². The molecule has 27 heavy (non-hydrogen) atoms. The molecule has 3 rings (SSSR count). The molecule has 0 spiro atoms. The van der Waals surface area contributed by atoms with Gasteiger partial charge in [-0.15, -0.1) is 0 Å². The maximum atomic E-state index is 12.4. The minimum Gasteiger partial charge on any atom is -0.465 e. The summed E-state index contributed by atoms with van der Waals surface area (Å²) in [6, 6.07) is 8.36. The summed E-state index contributed by atoms with van der Waals surface area (Å²) in [4.78, 5) is 43.9. The van der Waals surface area contributed by atoms with Crippen molar-refractivity contribution in [2.75, 3.05) is 7.11 Å². The smallest absolute Gasteiger partial charge is 0.338 e. The third-order valence-electron chi connectivity index (χ3n) is 4.04. The Balaban J connectivity index is 2.43. The van der Waals surface area contributed by atoms with Crippen molar-refractivity contribution in [1.82, 2.24) is 14.5 Å². The van der Waals surface area contributed by atoms with Gasteiger partial charge in [0.2, 0.25) is 0 Å². The summed E-state index contributed by atoms with van der Waals surface area (Å²) in [6.45, 7) is 4.21. The number of ether oxygens (including phenoxy) is 1. The van der Waals surface area contributed by atoms with Gasteiger partial charge in [-0.25, -0.2) is 14.6 Å². The molecular weight excluding hydrogens is 370 g/mol. The zero-order valence-electron chi connectivity index (χ0n) is 15.1. The summed E-state index contributed by atoms with van der Waals surface area (Å²) >= 11 is 5.94. The van der Waals surface area contributed by atoms with Gasteiger partial charge in [0.05, 0.1) is 23.8 Å². The van der Waals surface area contributed by atoms with Crippen molar-refractivity contribution in [3.63, 3.8) is 0 Å². The fourth-order valence-corrected chi connectivity index (χ4v) is 2.97. The van der Waals surface area contributed by atoms with Gasteiger partial charge in [0, 0.05) is 17.1 Å². The number of hydrogen-bond donors (Lipinski definition) is 1. The summed E-state index contributed by atoms with van der Waals surface area (Å²) in [5.41, 5.74) is 0.0668. The average molecular weight is 388 g/mol. The number of nitrogens with one attached hydrogen (secondary N) is 1. The van der Waals surface area contributed by atoms with Crippen molar-refractivity contribution < 1.29 is 9.53 Å². The zero-order chi connectivity index (χ0) is 19.7. The van der Waals surface area contributed by atoms with E-state index in [9.17, 15) is 14.4 Å². The topological polar surface area (TPSA) is 94.1 Å².